The minimum Gasteiger partial charge on any atom is -0.466 e. The summed E-state index contributed by atoms with van der Waals surface area (Å²) < 4.78 is 5.56. The van der Waals surface area contributed by atoms with Gasteiger partial charge in [0.25, 0.3) is 0 Å². The van der Waals surface area contributed by atoms with Gasteiger partial charge < -0.3 is 10.2 Å². The molecule has 0 aliphatic carbocycles. The Morgan fingerprint density at radius 1 is 0.875 bits per heavy atom. The van der Waals surface area contributed by atoms with Gasteiger partial charge in [-0.2, -0.15) is 0 Å². The van der Waals surface area contributed by atoms with Crippen LogP contribution in [0.3, 0.4) is 0 Å². The maximum Gasteiger partial charge on any atom is 0.108 e. The van der Waals surface area contributed by atoms with E-state index in [0.717, 1.165) is 28.3 Å². The predicted molar refractivity (Wildman–Crippen MR) is 67.5 cm³/mol. The highest BCUT2D eigenvalue weighted by molar-refractivity contribution is 5.73. The molecule has 0 atom stereocenters. The molecule has 16 heavy (non-hydrogen) atoms. The fourth-order valence-electron chi connectivity index (χ4n) is 2.03. The molecule has 0 spiro atoms. The van der Waals surface area contributed by atoms with Gasteiger partial charge in [-0.25, -0.2) is 0 Å². The van der Waals surface area contributed by atoms with Crippen LogP contribution in [0.2, 0.25) is 0 Å². The molecular formula is C14H17NO. The molecule has 0 saturated carbocycles. The fourth-order valence-corrected chi connectivity index (χ4v) is 2.03. The summed E-state index contributed by atoms with van der Waals surface area (Å²) in [5.41, 5.74) is 11.4. The second-order valence-corrected chi connectivity index (χ2v) is 4.35. The lowest BCUT2D eigenvalue weighted by Crippen LogP contribution is -1.93. The van der Waals surface area contributed by atoms with E-state index in [0.29, 0.717) is 0 Å². The summed E-state index contributed by atoms with van der Waals surface area (Å²) in [6, 6.07) is 6.22. The zero-order chi connectivity index (χ0) is 11.9. The van der Waals surface area contributed by atoms with Crippen LogP contribution < -0.4 is 5.73 Å². The molecule has 2 rings (SSSR count). The Bertz CT molecular complexity index is 538. The molecule has 2 nitrogen and oxygen atoms in total. The summed E-state index contributed by atoms with van der Waals surface area (Å²) in [4.78, 5) is 0. The van der Waals surface area contributed by atoms with Crippen molar-refractivity contribution in [2.45, 2.75) is 27.7 Å². The van der Waals surface area contributed by atoms with Gasteiger partial charge >= 0.3 is 0 Å². The maximum absolute atomic E-state index is 5.89. The van der Waals surface area contributed by atoms with E-state index in [4.69, 9.17) is 10.2 Å². The molecule has 2 heteroatoms. The second-order valence-electron chi connectivity index (χ2n) is 4.35. The molecule has 0 amide bonds. The monoisotopic (exact) mass is 215 g/mol. The third-order valence-corrected chi connectivity index (χ3v) is 2.94. The molecular weight excluding hydrogens is 198 g/mol. The lowest BCUT2D eigenvalue weighted by atomic mass is 9.97. The van der Waals surface area contributed by atoms with Gasteiger partial charge in [0, 0.05) is 11.3 Å². The zero-order valence-electron chi connectivity index (χ0n) is 10.2. The highest BCUT2D eigenvalue weighted by atomic mass is 16.3. The van der Waals surface area contributed by atoms with Crippen LogP contribution in [0.5, 0.6) is 0 Å². The lowest BCUT2D eigenvalue weighted by molar-refractivity contribution is 0.505. The molecule has 0 saturated heterocycles. The number of anilines is 1. The van der Waals surface area contributed by atoms with Crippen LogP contribution in [0, 0.1) is 27.7 Å². The van der Waals surface area contributed by atoms with Crippen molar-refractivity contribution in [3.63, 3.8) is 0 Å². The summed E-state index contributed by atoms with van der Waals surface area (Å²) in [5, 5.41) is 0. The number of hydrogen-bond donors (Lipinski definition) is 1. The van der Waals surface area contributed by atoms with Crippen LogP contribution in [0.1, 0.15) is 22.6 Å². The molecule has 1 heterocycles. The summed E-state index contributed by atoms with van der Waals surface area (Å²) in [6.45, 7) is 8.07. The van der Waals surface area contributed by atoms with Crippen molar-refractivity contribution in [1.82, 2.24) is 0 Å². The average molecular weight is 215 g/mol. The molecule has 2 N–H and O–H groups in total. The van der Waals surface area contributed by atoms with Crippen molar-refractivity contribution in [3.05, 3.63) is 40.8 Å². The van der Waals surface area contributed by atoms with Gasteiger partial charge in [-0.3, -0.25) is 0 Å². The number of hydrogen-bond acceptors (Lipinski definition) is 2. The summed E-state index contributed by atoms with van der Waals surface area (Å²) >= 11 is 0. The highest BCUT2D eigenvalue weighted by Gasteiger charge is 2.10. The van der Waals surface area contributed by atoms with E-state index < -0.39 is 0 Å². The third-order valence-electron chi connectivity index (χ3n) is 2.94. The van der Waals surface area contributed by atoms with Crippen LogP contribution >= 0.6 is 0 Å². The molecule has 2 aromatic rings. The number of aryl methyl sites for hydroxylation is 4. The van der Waals surface area contributed by atoms with Crippen molar-refractivity contribution < 1.29 is 4.42 Å². The molecule has 0 radical (unpaired) electrons. The first kappa shape index (κ1) is 10.8. The summed E-state index contributed by atoms with van der Waals surface area (Å²) in [6.07, 6.45) is 0. The minimum atomic E-state index is 0.846. The first-order valence-corrected chi connectivity index (χ1v) is 5.43. The molecule has 0 aliphatic heterocycles. The molecule has 0 bridgehead atoms. The Kier molecular flexibility index (Phi) is 2.50. The quantitative estimate of drug-likeness (QED) is 0.735. The maximum atomic E-state index is 5.89. The number of nitrogen functional groups attached to an aromatic ring is 1. The van der Waals surface area contributed by atoms with Crippen molar-refractivity contribution >= 4 is 5.69 Å². The van der Waals surface area contributed by atoms with E-state index in [1.165, 1.54) is 11.1 Å². The van der Waals surface area contributed by atoms with E-state index in [9.17, 15) is 0 Å². The average Bonchev–Trinajstić information content (AvgIpc) is 2.51. The minimum absolute atomic E-state index is 0.846. The van der Waals surface area contributed by atoms with E-state index in [1.807, 2.05) is 26.8 Å². The van der Waals surface area contributed by atoms with Crippen molar-refractivity contribution in [2.24, 2.45) is 0 Å². The van der Waals surface area contributed by atoms with E-state index >= 15 is 0 Å². The topological polar surface area (TPSA) is 39.2 Å². The first-order chi connectivity index (χ1) is 7.49. The van der Waals surface area contributed by atoms with Gasteiger partial charge in [0.15, 0.2) is 0 Å². The van der Waals surface area contributed by atoms with Crippen LogP contribution in [0.4, 0.5) is 5.69 Å². The molecule has 1 aromatic heterocycles. The SMILES string of the molecule is Cc1cc(-c2cc(C)c(N)cc2C)c(C)o1. The summed E-state index contributed by atoms with van der Waals surface area (Å²) in [5.74, 6) is 1.91. The largest absolute Gasteiger partial charge is 0.466 e. The Morgan fingerprint density at radius 3 is 2.12 bits per heavy atom. The fraction of sp³-hybridized carbons (Fsp3) is 0.286. The Hall–Kier alpha value is -1.70. The zero-order valence-corrected chi connectivity index (χ0v) is 10.2. The van der Waals surface area contributed by atoms with Gasteiger partial charge in [-0.05, 0) is 62.6 Å². The standard InChI is InChI=1S/C14H17NO/c1-8-6-14(15)9(2)5-12(8)13-7-10(3)16-11(13)4/h5-7H,15H2,1-4H3. The van der Waals surface area contributed by atoms with Gasteiger partial charge in [0.2, 0.25) is 0 Å². The van der Waals surface area contributed by atoms with Crippen molar-refractivity contribution in [1.29, 1.82) is 0 Å². The van der Waals surface area contributed by atoms with Crippen molar-refractivity contribution in [3.8, 4) is 11.1 Å². The summed E-state index contributed by atoms with van der Waals surface area (Å²) in [7, 11) is 0. The van der Waals surface area contributed by atoms with Gasteiger partial charge in [0.1, 0.15) is 11.5 Å². The Balaban J connectivity index is 2.64. The molecule has 1 aromatic carbocycles. The van der Waals surface area contributed by atoms with Gasteiger partial charge in [-0.15, -0.1) is 0 Å². The van der Waals surface area contributed by atoms with E-state index in [1.54, 1.807) is 0 Å². The van der Waals surface area contributed by atoms with Crippen LogP contribution in [0.15, 0.2) is 22.6 Å². The molecule has 0 unspecified atom stereocenters. The normalized spacial score (nSPS) is 10.8. The van der Waals surface area contributed by atoms with Crippen LogP contribution in [0.25, 0.3) is 11.1 Å². The second kappa shape index (κ2) is 3.71. The van der Waals surface area contributed by atoms with E-state index in [2.05, 4.69) is 19.1 Å². The Labute approximate surface area is 96.1 Å². The lowest BCUT2D eigenvalue weighted by Gasteiger charge is -2.08. The molecule has 0 fully saturated rings. The number of benzene rings is 1. The first-order valence-electron chi connectivity index (χ1n) is 5.43. The van der Waals surface area contributed by atoms with E-state index in [-0.39, 0.29) is 0 Å². The van der Waals surface area contributed by atoms with Gasteiger partial charge in [-0.1, -0.05) is 0 Å². The number of furan rings is 1. The molecule has 0 aliphatic rings. The number of nitrogens with two attached hydrogens (primary N) is 1. The third kappa shape index (κ3) is 1.71. The predicted octanol–water partition coefficient (Wildman–Crippen LogP) is 3.76. The molecule has 84 valence electrons. The van der Waals surface area contributed by atoms with Gasteiger partial charge in [0.05, 0.1) is 0 Å². The van der Waals surface area contributed by atoms with Crippen LogP contribution in [-0.2, 0) is 0 Å². The highest BCUT2D eigenvalue weighted by Crippen LogP contribution is 2.31. The smallest absolute Gasteiger partial charge is 0.108 e. The number of rotatable bonds is 1. The Morgan fingerprint density at radius 2 is 1.56 bits per heavy atom. The van der Waals surface area contributed by atoms with Crippen LogP contribution in [-0.4, -0.2) is 0 Å². The van der Waals surface area contributed by atoms with Crippen molar-refractivity contribution in [2.75, 3.05) is 5.73 Å².